The molecule has 0 bridgehead atoms. The quantitative estimate of drug-likeness (QED) is 0.861. The molecule has 1 atom stereocenters. The van der Waals surface area contributed by atoms with E-state index in [0.29, 0.717) is 25.6 Å². The van der Waals surface area contributed by atoms with E-state index >= 15 is 0 Å². The number of aliphatic hydroxyl groups excluding tert-OH is 1. The lowest BCUT2D eigenvalue weighted by molar-refractivity contribution is -0.118. The standard InChI is InChI=1S/C16H24N2O2/c1-12(2)17-10-14(19)11-18-15-8-4-3-6-13(15)7-5-9-16(18)20/h3-4,6,8,12,14,17,19H,5,7,9-11H2,1-2H3. The van der Waals surface area contributed by atoms with Crippen molar-refractivity contribution in [2.45, 2.75) is 45.3 Å². The molecule has 110 valence electrons. The third-order valence-electron chi connectivity index (χ3n) is 3.58. The van der Waals surface area contributed by atoms with Gasteiger partial charge in [-0.25, -0.2) is 0 Å². The molecule has 0 fully saturated rings. The molecule has 0 radical (unpaired) electrons. The maximum atomic E-state index is 12.2. The largest absolute Gasteiger partial charge is 0.390 e. The van der Waals surface area contributed by atoms with Gasteiger partial charge in [0.15, 0.2) is 0 Å². The van der Waals surface area contributed by atoms with Crippen molar-refractivity contribution in [1.82, 2.24) is 5.32 Å². The van der Waals surface area contributed by atoms with Gasteiger partial charge in [-0.1, -0.05) is 32.0 Å². The number of anilines is 1. The van der Waals surface area contributed by atoms with Crippen LogP contribution in [0, 0.1) is 0 Å². The van der Waals surface area contributed by atoms with Gasteiger partial charge < -0.3 is 15.3 Å². The summed E-state index contributed by atoms with van der Waals surface area (Å²) in [4.78, 5) is 14.0. The highest BCUT2D eigenvalue weighted by Gasteiger charge is 2.23. The molecular weight excluding hydrogens is 252 g/mol. The summed E-state index contributed by atoms with van der Waals surface area (Å²) in [6, 6.07) is 8.32. The number of hydrogen-bond acceptors (Lipinski definition) is 3. The van der Waals surface area contributed by atoms with Crippen LogP contribution >= 0.6 is 0 Å². The fraction of sp³-hybridized carbons (Fsp3) is 0.562. The lowest BCUT2D eigenvalue weighted by Gasteiger charge is -2.26. The molecule has 1 aliphatic heterocycles. The number of aryl methyl sites for hydroxylation is 1. The first-order chi connectivity index (χ1) is 9.58. The van der Waals surface area contributed by atoms with E-state index < -0.39 is 6.10 Å². The summed E-state index contributed by atoms with van der Waals surface area (Å²) in [7, 11) is 0. The van der Waals surface area contributed by atoms with Gasteiger partial charge >= 0.3 is 0 Å². The molecule has 0 saturated carbocycles. The number of carbonyl (C=O) groups is 1. The Labute approximate surface area is 120 Å². The fourth-order valence-corrected chi connectivity index (χ4v) is 2.53. The van der Waals surface area contributed by atoms with Crippen LogP contribution in [0.1, 0.15) is 32.3 Å². The summed E-state index contributed by atoms with van der Waals surface area (Å²) < 4.78 is 0. The number of carbonyl (C=O) groups excluding carboxylic acids is 1. The Morgan fingerprint density at radius 2 is 2.05 bits per heavy atom. The van der Waals surface area contributed by atoms with Crippen molar-refractivity contribution >= 4 is 11.6 Å². The summed E-state index contributed by atoms with van der Waals surface area (Å²) in [5, 5.41) is 13.3. The van der Waals surface area contributed by atoms with Crippen molar-refractivity contribution in [3.8, 4) is 0 Å². The lowest BCUT2D eigenvalue weighted by Crippen LogP contribution is -2.42. The second kappa shape index (κ2) is 6.86. The monoisotopic (exact) mass is 276 g/mol. The SMILES string of the molecule is CC(C)NCC(O)CN1C(=O)CCCc2ccccc21. The molecule has 0 saturated heterocycles. The van der Waals surface area contributed by atoms with Gasteiger partial charge in [0.25, 0.3) is 0 Å². The van der Waals surface area contributed by atoms with Gasteiger partial charge in [0, 0.05) is 24.7 Å². The number of nitrogens with one attached hydrogen (secondary N) is 1. The summed E-state index contributed by atoms with van der Waals surface area (Å²) in [5.74, 6) is 0.110. The number of amides is 1. The zero-order valence-electron chi connectivity index (χ0n) is 12.3. The van der Waals surface area contributed by atoms with Crippen LogP contribution < -0.4 is 10.2 Å². The third kappa shape index (κ3) is 3.81. The number of aliphatic hydroxyl groups is 1. The number of fused-ring (bicyclic) bond motifs is 1. The number of nitrogens with zero attached hydrogens (tertiary/aromatic N) is 1. The molecule has 1 unspecified atom stereocenters. The van der Waals surface area contributed by atoms with E-state index in [2.05, 4.69) is 11.4 Å². The Hall–Kier alpha value is -1.39. The minimum Gasteiger partial charge on any atom is -0.390 e. The van der Waals surface area contributed by atoms with Gasteiger partial charge in [-0.3, -0.25) is 4.79 Å². The van der Waals surface area contributed by atoms with Crippen LogP contribution in [0.15, 0.2) is 24.3 Å². The van der Waals surface area contributed by atoms with Gasteiger partial charge in [-0.2, -0.15) is 0 Å². The van der Waals surface area contributed by atoms with Crippen molar-refractivity contribution in [1.29, 1.82) is 0 Å². The van der Waals surface area contributed by atoms with Crippen LogP contribution in [0.25, 0.3) is 0 Å². The molecule has 1 aromatic carbocycles. The van der Waals surface area contributed by atoms with E-state index in [4.69, 9.17) is 0 Å². The van der Waals surface area contributed by atoms with Crippen LogP contribution in [0.5, 0.6) is 0 Å². The van der Waals surface area contributed by atoms with E-state index in [0.717, 1.165) is 18.5 Å². The summed E-state index contributed by atoms with van der Waals surface area (Å²) in [6.45, 7) is 4.94. The molecule has 1 aliphatic rings. The smallest absolute Gasteiger partial charge is 0.227 e. The first-order valence-corrected chi connectivity index (χ1v) is 7.37. The van der Waals surface area contributed by atoms with E-state index in [1.54, 1.807) is 4.90 Å². The third-order valence-corrected chi connectivity index (χ3v) is 3.58. The summed E-state index contributed by atoms with van der Waals surface area (Å²) in [6.07, 6.45) is 1.82. The highest BCUT2D eigenvalue weighted by atomic mass is 16.3. The normalized spacial score (nSPS) is 17.0. The molecule has 20 heavy (non-hydrogen) atoms. The average molecular weight is 276 g/mol. The molecule has 0 aromatic heterocycles. The maximum Gasteiger partial charge on any atom is 0.227 e. The van der Waals surface area contributed by atoms with Gasteiger partial charge in [0.1, 0.15) is 0 Å². The molecule has 1 amide bonds. The Balaban J connectivity index is 2.10. The van der Waals surface area contributed by atoms with Crippen LogP contribution in [-0.4, -0.2) is 36.2 Å². The fourth-order valence-electron chi connectivity index (χ4n) is 2.53. The number of para-hydroxylation sites is 1. The highest BCUT2D eigenvalue weighted by molar-refractivity contribution is 5.94. The van der Waals surface area contributed by atoms with Crippen molar-refractivity contribution in [2.75, 3.05) is 18.0 Å². The molecule has 2 rings (SSSR count). The van der Waals surface area contributed by atoms with E-state index in [1.807, 2.05) is 32.0 Å². The first kappa shape index (κ1) is 15.0. The highest BCUT2D eigenvalue weighted by Crippen LogP contribution is 2.26. The zero-order chi connectivity index (χ0) is 14.5. The maximum absolute atomic E-state index is 12.2. The van der Waals surface area contributed by atoms with E-state index in [-0.39, 0.29) is 5.91 Å². The van der Waals surface area contributed by atoms with Gasteiger partial charge in [0.05, 0.1) is 12.6 Å². The first-order valence-electron chi connectivity index (χ1n) is 7.37. The average Bonchev–Trinajstić information content (AvgIpc) is 2.57. The Morgan fingerprint density at radius 1 is 1.30 bits per heavy atom. The minimum atomic E-state index is -0.549. The zero-order valence-corrected chi connectivity index (χ0v) is 12.3. The van der Waals surface area contributed by atoms with E-state index in [9.17, 15) is 9.90 Å². The molecule has 2 N–H and O–H groups in total. The molecule has 0 spiro atoms. The van der Waals surface area contributed by atoms with Crippen molar-refractivity contribution in [3.63, 3.8) is 0 Å². The number of β-amino-alcohol motifs (C(OH)–C–C–N with tert-alkyl or cyclic N) is 1. The summed E-state index contributed by atoms with van der Waals surface area (Å²) >= 11 is 0. The topological polar surface area (TPSA) is 52.6 Å². The summed E-state index contributed by atoms with van der Waals surface area (Å²) in [5.41, 5.74) is 2.15. The van der Waals surface area contributed by atoms with E-state index in [1.165, 1.54) is 5.56 Å². The predicted molar refractivity (Wildman–Crippen MR) is 80.9 cm³/mol. The van der Waals surface area contributed by atoms with Crippen LogP contribution in [0.2, 0.25) is 0 Å². The number of hydrogen-bond donors (Lipinski definition) is 2. The Kier molecular flexibility index (Phi) is 5.15. The number of rotatable bonds is 5. The molecule has 1 heterocycles. The minimum absolute atomic E-state index is 0.110. The molecule has 0 aliphatic carbocycles. The van der Waals surface area contributed by atoms with Crippen molar-refractivity contribution in [2.24, 2.45) is 0 Å². The Bertz CT molecular complexity index is 460. The molecule has 1 aromatic rings. The second-order valence-corrected chi connectivity index (χ2v) is 5.70. The van der Waals surface area contributed by atoms with Crippen LogP contribution in [0.4, 0.5) is 5.69 Å². The van der Waals surface area contributed by atoms with Crippen LogP contribution in [-0.2, 0) is 11.2 Å². The van der Waals surface area contributed by atoms with Crippen molar-refractivity contribution in [3.05, 3.63) is 29.8 Å². The predicted octanol–water partition coefficient (Wildman–Crippen LogP) is 1.71. The molecule has 4 heteroatoms. The lowest BCUT2D eigenvalue weighted by atomic mass is 10.1. The molecular formula is C16H24N2O2. The van der Waals surface area contributed by atoms with Gasteiger partial charge in [0.2, 0.25) is 5.91 Å². The van der Waals surface area contributed by atoms with Gasteiger partial charge in [-0.05, 0) is 24.5 Å². The van der Waals surface area contributed by atoms with Crippen molar-refractivity contribution < 1.29 is 9.90 Å². The number of benzene rings is 1. The van der Waals surface area contributed by atoms with Crippen LogP contribution in [0.3, 0.4) is 0 Å². The second-order valence-electron chi connectivity index (χ2n) is 5.70. The Morgan fingerprint density at radius 3 is 2.80 bits per heavy atom. The molecule has 4 nitrogen and oxygen atoms in total. The van der Waals surface area contributed by atoms with Gasteiger partial charge in [-0.15, -0.1) is 0 Å².